The number of ether oxygens (including phenoxy) is 1. The van der Waals surface area contributed by atoms with Crippen LogP contribution in [0.2, 0.25) is 0 Å². The molecule has 98 valence electrons. The predicted molar refractivity (Wildman–Crippen MR) is 72.1 cm³/mol. The van der Waals surface area contributed by atoms with Gasteiger partial charge >= 0.3 is 5.97 Å². The van der Waals surface area contributed by atoms with Crippen molar-refractivity contribution >= 4 is 5.97 Å². The quantitative estimate of drug-likeness (QED) is 0.859. The second-order valence-electron chi connectivity index (χ2n) is 4.38. The molecule has 0 aliphatic heterocycles. The van der Waals surface area contributed by atoms with Crippen LogP contribution in [0.4, 0.5) is 0 Å². The van der Waals surface area contributed by atoms with Crippen LogP contribution in [-0.4, -0.2) is 11.0 Å². The molecule has 0 aliphatic carbocycles. The lowest BCUT2D eigenvalue weighted by Gasteiger charge is -2.09. The van der Waals surface area contributed by atoms with Gasteiger partial charge in [0.05, 0.1) is 5.56 Å². The first-order valence-corrected chi connectivity index (χ1v) is 5.99. The summed E-state index contributed by atoms with van der Waals surface area (Å²) in [5.41, 5.74) is 2.29. The van der Waals surface area contributed by atoms with E-state index in [0.29, 0.717) is 16.8 Å². The van der Waals surface area contributed by atoms with Crippen molar-refractivity contribution in [3.05, 3.63) is 69.1 Å². The van der Waals surface area contributed by atoms with Crippen LogP contribution in [-0.2, 0) is 11.3 Å². The molecule has 1 N–H and O–H groups in total. The molecule has 0 amide bonds. The van der Waals surface area contributed by atoms with Gasteiger partial charge in [-0.1, -0.05) is 30.3 Å². The number of aromatic amines is 1. The van der Waals surface area contributed by atoms with Crippen LogP contribution < -0.4 is 5.56 Å². The van der Waals surface area contributed by atoms with Crippen molar-refractivity contribution in [1.29, 1.82) is 0 Å². The number of rotatable bonds is 3. The summed E-state index contributed by atoms with van der Waals surface area (Å²) >= 11 is 0. The molecule has 1 aromatic heterocycles. The fourth-order valence-electron chi connectivity index (χ4n) is 1.96. The first kappa shape index (κ1) is 13.1. The zero-order valence-electron chi connectivity index (χ0n) is 10.9. The second kappa shape index (κ2) is 5.52. The Kier molecular flexibility index (Phi) is 3.80. The second-order valence-corrected chi connectivity index (χ2v) is 4.38. The molecule has 0 atom stereocenters. The standard InChI is InChI=1S/C15H15NO3/c1-10-8-13(17)16-11(2)14(10)15(18)19-9-12-6-4-3-5-7-12/h3-8H,9H2,1-2H3,(H,16,17). The van der Waals surface area contributed by atoms with Crippen LogP contribution in [0.25, 0.3) is 0 Å². The Morgan fingerprint density at radius 1 is 1.21 bits per heavy atom. The van der Waals surface area contributed by atoms with Crippen LogP contribution in [0.5, 0.6) is 0 Å². The predicted octanol–water partition coefficient (Wildman–Crippen LogP) is 2.35. The van der Waals surface area contributed by atoms with E-state index in [1.807, 2.05) is 30.3 Å². The van der Waals surface area contributed by atoms with Gasteiger partial charge in [0, 0.05) is 11.8 Å². The van der Waals surface area contributed by atoms with Gasteiger partial charge in [0.1, 0.15) is 6.61 Å². The van der Waals surface area contributed by atoms with Crippen molar-refractivity contribution in [3.8, 4) is 0 Å². The summed E-state index contributed by atoms with van der Waals surface area (Å²) in [7, 11) is 0. The third-order valence-corrected chi connectivity index (χ3v) is 2.84. The lowest BCUT2D eigenvalue weighted by Crippen LogP contribution is -2.16. The van der Waals surface area contributed by atoms with Crippen molar-refractivity contribution in [2.45, 2.75) is 20.5 Å². The Bertz CT molecular complexity index is 618. The van der Waals surface area contributed by atoms with E-state index in [1.165, 1.54) is 6.07 Å². The maximum absolute atomic E-state index is 12.0. The number of carbonyl (C=O) groups is 1. The van der Waals surface area contributed by atoms with Gasteiger partial charge in [0.15, 0.2) is 0 Å². The summed E-state index contributed by atoms with van der Waals surface area (Å²) in [5.74, 6) is -0.421. The topological polar surface area (TPSA) is 59.2 Å². The van der Waals surface area contributed by atoms with Crippen LogP contribution in [0.1, 0.15) is 27.2 Å². The number of aromatic nitrogens is 1. The zero-order valence-corrected chi connectivity index (χ0v) is 10.9. The van der Waals surface area contributed by atoms with Crippen LogP contribution in [0.15, 0.2) is 41.2 Å². The molecule has 0 saturated carbocycles. The monoisotopic (exact) mass is 257 g/mol. The van der Waals surface area contributed by atoms with E-state index in [1.54, 1.807) is 13.8 Å². The van der Waals surface area contributed by atoms with E-state index in [9.17, 15) is 9.59 Å². The summed E-state index contributed by atoms with van der Waals surface area (Å²) in [5, 5.41) is 0. The number of esters is 1. The minimum absolute atomic E-state index is 0.213. The molecular formula is C15H15NO3. The van der Waals surface area contributed by atoms with Crippen molar-refractivity contribution in [2.75, 3.05) is 0 Å². The van der Waals surface area contributed by atoms with E-state index in [4.69, 9.17) is 4.74 Å². The number of benzene rings is 1. The SMILES string of the molecule is Cc1cc(=O)[nH]c(C)c1C(=O)OCc1ccccc1. The fourth-order valence-corrected chi connectivity index (χ4v) is 1.96. The highest BCUT2D eigenvalue weighted by atomic mass is 16.5. The molecule has 1 aromatic carbocycles. The summed E-state index contributed by atoms with van der Waals surface area (Å²) < 4.78 is 5.25. The molecule has 0 unspecified atom stereocenters. The first-order valence-electron chi connectivity index (χ1n) is 5.99. The molecule has 0 aliphatic rings. The molecule has 0 radical (unpaired) electrons. The van der Waals surface area contributed by atoms with Crippen molar-refractivity contribution in [1.82, 2.24) is 4.98 Å². The van der Waals surface area contributed by atoms with Gasteiger partial charge in [-0.05, 0) is 25.0 Å². The minimum atomic E-state index is -0.421. The van der Waals surface area contributed by atoms with E-state index in [-0.39, 0.29) is 12.2 Å². The maximum Gasteiger partial charge on any atom is 0.340 e. The molecule has 0 spiro atoms. The Labute approximate surface area is 111 Å². The summed E-state index contributed by atoms with van der Waals surface area (Å²) in [6.07, 6.45) is 0. The summed E-state index contributed by atoms with van der Waals surface area (Å²) in [6.45, 7) is 3.63. The fraction of sp³-hybridized carbons (Fsp3) is 0.200. The number of pyridine rings is 1. The highest BCUT2D eigenvalue weighted by Crippen LogP contribution is 2.12. The highest BCUT2D eigenvalue weighted by Gasteiger charge is 2.14. The Morgan fingerprint density at radius 2 is 1.89 bits per heavy atom. The minimum Gasteiger partial charge on any atom is -0.457 e. The van der Waals surface area contributed by atoms with Crippen molar-refractivity contribution in [3.63, 3.8) is 0 Å². The average molecular weight is 257 g/mol. The van der Waals surface area contributed by atoms with Gasteiger partial charge < -0.3 is 9.72 Å². The molecule has 0 fully saturated rings. The number of aryl methyl sites for hydroxylation is 2. The van der Waals surface area contributed by atoms with Crippen LogP contribution in [0.3, 0.4) is 0 Å². The van der Waals surface area contributed by atoms with Gasteiger partial charge in [-0.3, -0.25) is 4.79 Å². The third kappa shape index (κ3) is 3.10. The number of H-pyrrole nitrogens is 1. The zero-order chi connectivity index (χ0) is 13.8. The van der Waals surface area contributed by atoms with Gasteiger partial charge in [0.25, 0.3) is 0 Å². The van der Waals surface area contributed by atoms with E-state index >= 15 is 0 Å². The van der Waals surface area contributed by atoms with E-state index in [0.717, 1.165) is 5.56 Å². The average Bonchev–Trinajstić information content (AvgIpc) is 2.36. The smallest absolute Gasteiger partial charge is 0.340 e. The lowest BCUT2D eigenvalue weighted by molar-refractivity contribution is 0.0470. The molecule has 4 heteroatoms. The number of carbonyl (C=O) groups excluding carboxylic acids is 1. The van der Waals surface area contributed by atoms with Gasteiger partial charge in [-0.25, -0.2) is 4.79 Å². The van der Waals surface area contributed by atoms with E-state index in [2.05, 4.69) is 4.98 Å². The molecule has 19 heavy (non-hydrogen) atoms. The van der Waals surface area contributed by atoms with E-state index < -0.39 is 5.97 Å². The molecule has 0 bridgehead atoms. The Morgan fingerprint density at radius 3 is 2.53 bits per heavy atom. The largest absolute Gasteiger partial charge is 0.457 e. The highest BCUT2D eigenvalue weighted by molar-refractivity contribution is 5.92. The normalized spacial score (nSPS) is 10.2. The Hall–Kier alpha value is -2.36. The Balaban J connectivity index is 2.15. The number of nitrogens with one attached hydrogen (secondary N) is 1. The lowest BCUT2D eigenvalue weighted by atomic mass is 10.1. The number of hydrogen-bond donors (Lipinski definition) is 1. The molecule has 4 nitrogen and oxygen atoms in total. The maximum atomic E-state index is 12.0. The molecular weight excluding hydrogens is 242 g/mol. The number of hydrogen-bond acceptors (Lipinski definition) is 3. The van der Waals surface area contributed by atoms with Crippen LogP contribution in [0, 0.1) is 13.8 Å². The van der Waals surface area contributed by atoms with Gasteiger partial charge in [-0.15, -0.1) is 0 Å². The molecule has 2 rings (SSSR count). The van der Waals surface area contributed by atoms with Crippen LogP contribution >= 0.6 is 0 Å². The molecule has 0 saturated heterocycles. The van der Waals surface area contributed by atoms with Crippen molar-refractivity contribution < 1.29 is 9.53 Å². The first-order chi connectivity index (χ1) is 9.08. The van der Waals surface area contributed by atoms with Crippen molar-refractivity contribution in [2.24, 2.45) is 0 Å². The molecule has 2 aromatic rings. The van der Waals surface area contributed by atoms with Gasteiger partial charge in [0.2, 0.25) is 5.56 Å². The summed E-state index contributed by atoms with van der Waals surface area (Å²) in [6, 6.07) is 10.9. The molecule has 1 heterocycles. The third-order valence-electron chi connectivity index (χ3n) is 2.84. The van der Waals surface area contributed by atoms with Gasteiger partial charge in [-0.2, -0.15) is 0 Å². The summed E-state index contributed by atoms with van der Waals surface area (Å²) in [4.78, 5) is 25.9.